The van der Waals surface area contributed by atoms with E-state index in [9.17, 15) is 43.2 Å². The first kappa shape index (κ1) is 38.0. The summed E-state index contributed by atoms with van der Waals surface area (Å²) in [7, 11) is -8.63. The van der Waals surface area contributed by atoms with Crippen LogP contribution in [0.4, 0.5) is 26.3 Å². The van der Waals surface area contributed by atoms with Crippen LogP contribution in [0.3, 0.4) is 0 Å². The first-order chi connectivity index (χ1) is 15.7. The molecule has 0 unspecified atom stereocenters. The number of rotatable bonds is 8. The topological polar surface area (TPSA) is 82.4 Å². The van der Waals surface area contributed by atoms with E-state index in [4.69, 9.17) is 0 Å². The van der Waals surface area contributed by atoms with Crippen molar-refractivity contribution in [2.24, 2.45) is 0 Å². The standard InChI is InChI=1S/2C9H20N.C2F6NO4S2.BrH/c2*1-3-4-7-10(2)8-5-6-9-10;3-1(4,5)14(10,11)9-15(12,13)2(6,7)8;/h2*3-9H2,1-2H3;;1H/q2*+1;-1;/p-1. The Bertz CT molecular complexity index is 757. The van der Waals surface area contributed by atoms with Gasteiger partial charge in [-0.15, -0.1) is 0 Å². The maximum Gasteiger partial charge on any atom is 0.480 e. The van der Waals surface area contributed by atoms with Crippen LogP contribution in [0.1, 0.15) is 65.2 Å². The van der Waals surface area contributed by atoms with E-state index in [1.54, 1.807) is 0 Å². The van der Waals surface area contributed by atoms with Crippen molar-refractivity contribution in [2.75, 3.05) is 53.4 Å². The summed E-state index contributed by atoms with van der Waals surface area (Å²) < 4.78 is 112. The van der Waals surface area contributed by atoms with E-state index >= 15 is 0 Å². The number of nitrogens with zero attached hydrogens (tertiary/aromatic N) is 3. The number of hydrogen-bond acceptors (Lipinski definition) is 4. The molecule has 2 rings (SSSR count). The summed E-state index contributed by atoms with van der Waals surface area (Å²) in [5, 5.41) is 0. The van der Waals surface area contributed by atoms with Gasteiger partial charge < -0.3 is 30.1 Å². The van der Waals surface area contributed by atoms with Gasteiger partial charge in [0.15, 0.2) is 20.0 Å². The number of unbranched alkanes of at least 4 members (excludes halogenated alkanes) is 2. The lowest BCUT2D eigenvalue weighted by atomic mass is 10.3. The second kappa shape index (κ2) is 15.4. The third kappa shape index (κ3) is 13.6. The SMILES string of the molecule is CCCC[N+]1(C)CCCC1.CCCC[N+]1(C)CCCC1.O=S(=O)([N-]S(=O)(=O)C(F)(F)F)C(F)(F)F.[Br-]. The highest BCUT2D eigenvalue weighted by molar-refractivity contribution is 8.13. The molecule has 0 N–H and O–H groups in total. The molecule has 0 saturated carbocycles. The lowest BCUT2D eigenvalue weighted by molar-refractivity contribution is -0.897. The maximum absolute atomic E-state index is 11.4. The molecule has 0 atom stereocenters. The molecular weight excluding hydrogens is 604 g/mol. The fourth-order valence-electron chi connectivity index (χ4n) is 3.94. The van der Waals surface area contributed by atoms with E-state index in [1.807, 2.05) is 0 Å². The molecule has 2 heterocycles. The monoisotopic (exact) mass is 643 g/mol. The number of halogens is 7. The van der Waals surface area contributed by atoms with Gasteiger partial charge in [0.1, 0.15) is 0 Å². The van der Waals surface area contributed by atoms with Gasteiger partial charge in [0, 0.05) is 25.7 Å². The molecule has 2 fully saturated rings. The zero-order valence-corrected chi connectivity index (χ0v) is 24.6. The van der Waals surface area contributed by atoms with Gasteiger partial charge in [0.05, 0.1) is 53.4 Å². The lowest BCUT2D eigenvalue weighted by Gasteiger charge is -2.28. The zero-order valence-electron chi connectivity index (χ0n) is 21.3. The van der Waals surface area contributed by atoms with Crippen LogP contribution in [0.2, 0.25) is 0 Å². The third-order valence-corrected chi connectivity index (χ3v) is 8.92. The van der Waals surface area contributed by atoms with E-state index in [0.29, 0.717) is 0 Å². The van der Waals surface area contributed by atoms with Crippen LogP contribution in [0.15, 0.2) is 0 Å². The van der Waals surface area contributed by atoms with Crippen molar-refractivity contribution < 1.29 is 69.1 Å². The van der Waals surface area contributed by atoms with Crippen molar-refractivity contribution in [3.8, 4) is 0 Å². The number of likely N-dealkylation sites (tertiary alicyclic amines) is 2. The number of alkyl halides is 6. The highest BCUT2D eigenvalue weighted by Crippen LogP contribution is 2.36. The van der Waals surface area contributed by atoms with Gasteiger partial charge in [-0.25, -0.2) is 16.8 Å². The molecule has 2 aliphatic heterocycles. The Morgan fingerprint density at radius 1 is 0.639 bits per heavy atom. The molecule has 16 heteroatoms. The van der Waals surface area contributed by atoms with Crippen molar-refractivity contribution in [3.05, 3.63) is 4.13 Å². The van der Waals surface area contributed by atoms with Crippen LogP contribution in [-0.4, -0.2) is 90.2 Å². The Hall–Kier alpha value is -0.160. The largest absolute Gasteiger partial charge is 1.00 e. The summed E-state index contributed by atoms with van der Waals surface area (Å²) in [6.45, 7) is 13.1. The molecule has 7 nitrogen and oxygen atoms in total. The van der Waals surface area contributed by atoms with Gasteiger partial charge in [0.25, 0.3) is 0 Å². The quantitative estimate of drug-likeness (QED) is 0.300. The number of quaternary nitrogens is 2. The highest BCUT2D eigenvalue weighted by atomic mass is 79.9. The molecular formula is C20H40BrF6N3O4S2. The Morgan fingerprint density at radius 2 is 0.889 bits per heavy atom. The predicted molar refractivity (Wildman–Crippen MR) is 123 cm³/mol. The summed E-state index contributed by atoms with van der Waals surface area (Å²) in [5.41, 5.74) is -12.4. The second-order valence-electron chi connectivity index (χ2n) is 9.62. The minimum absolute atomic E-state index is 0. The smallest absolute Gasteiger partial charge is 0.480 e. The van der Waals surface area contributed by atoms with Crippen molar-refractivity contribution in [3.63, 3.8) is 0 Å². The van der Waals surface area contributed by atoms with Crippen LogP contribution in [0, 0.1) is 0 Å². The molecule has 0 aromatic carbocycles. The van der Waals surface area contributed by atoms with Crippen LogP contribution >= 0.6 is 0 Å². The first-order valence-corrected chi connectivity index (χ1v) is 14.7. The Morgan fingerprint density at radius 3 is 1.08 bits per heavy atom. The Labute approximate surface area is 222 Å². The summed E-state index contributed by atoms with van der Waals surface area (Å²) in [4.78, 5) is 0. The van der Waals surface area contributed by atoms with E-state index in [1.165, 1.54) is 99.6 Å². The summed E-state index contributed by atoms with van der Waals surface area (Å²) in [6, 6.07) is 0. The lowest BCUT2D eigenvalue weighted by Crippen LogP contribution is -3.00. The molecule has 0 aromatic heterocycles. The summed E-state index contributed by atoms with van der Waals surface area (Å²) >= 11 is 0. The number of hydrogen-bond donors (Lipinski definition) is 0. The summed E-state index contributed by atoms with van der Waals surface area (Å²) in [6.07, 6.45) is 11.4. The van der Waals surface area contributed by atoms with E-state index in [0.717, 1.165) is 4.13 Å². The van der Waals surface area contributed by atoms with Gasteiger partial charge in [0.2, 0.25) is 0 Å². The Kier molecular flexibility index (Phi) is 16.3. The molecule has 2 aliphatic rings. The van der Waals surface area contributed by atoms with Gasteiger partial charge in [-0.1, -0.05) is 26.7 Å². The molecule has 0 aromatic rings. The van der Waals surface area contributed by atoms with Crippen molar-refractivity contribution in [1.29, 1.82) is 0 Å². The van der Waals surface area contributed by atoms with E-state index in [2.05, 4.69) is 27.9 Å². The molecule has 220 valence electrons. The molecule has 36 heavy (non-hydrogen) atoms. The van der Waals surface area contributed by atoms with Crippen LogP contribution in [0.5, 0.6) is 0 Å². The minimum Gasteiger partial charge on any atom is -1.00 e. The van der Waals surface area contributed by atoms with Crippen molar-refractivity contribution >= 4 is 20.0 Å². The van der Waals surface area contributed by atoms with Crippen molar-refractivity contribution in [1.82, 2.24) is 0 Å². The van der Waals surface area contributed by atoms with Gasteiger partial charge >= 0.3 is 11.0 Å². The zero-order chi connectivity index (χ0) is 27.6. The average molecular weight is 645 g/mol. The Balaban J connectivity index is 0. The highest BCUT2D eigenvalue weighted by Gasteiger charge is 2.47. The third-order valence-electron chi connectivity index (χ3n) is 6.18. The van der Waals surface area contributed by atoms with Gasteiger partial charge in [-0.2, -0.15) is 26.3 Å². The van der Waals surface area contributed by atoms with E-state index < -0.39 is 31.1 Å². The second-order valence-corrected chi connectivity index (χ2v) is 13.0. The van der Waals surface area contributed by atoms with E-state index in [-0.39, 0.29) is 17.0 Å². The van der Waals surface area contributed by atoms with Gasteiger partial charge in [-0.05, 0) is 12.8 Å². The predicted octanol–water partition coefficient (Wildman–Crippen LogP) is 2.12. The first-order valence-electron chi connectivity index (χ1n) is 11.8. The molecule has 0 bridgehead atoms. The minimum atomic E-state index is -6.72. The molecule has 0 radical (unpaired) electrons. The molecule has 0 amide bonds. The van der Waals surface area contributed by atoms with Crippen molar-refractivity contribution in [2.45, 2.75) is 76.2 Å². The normalized spacial score (nSPS) is 19.4. The number of sulfonamides is 2. The average Bonchev–Trinajstić information content (AvgIpc) is 3.33. The molecule has 2 saturated heterocycles. The maximum atomic E-state index is 11.4. The van der Waals surface area contributed by atoms with Crippen LogP contribution in [0.25, 0.3) is 4.13 Å². The van der Waals surface area contributed by atoms with Gasteiger partial charge in [-0.3, -0.25) is 0 Å². The molecule has 0 spiro atoms. The molecule has 0 aliphatic carbocycles. The van der Waals surface area contributed by atoms with Crippen LogP contribution < -0.4 is 17.0 Å². The van der Waals surface area contributed by atoms with Crippen LogP contribution in [-0.2, 0) is 20.0 Å². The fraction of sp³-hybridized carbons (Fsp3) is 1.00. The summed E-state index contributed by atoms with van der Waals surface area (Å²) in [5.74, 6) is 0. The fourth-order valence-corrected chi connectivity index (χ4v) is 5.65.